The highest BCUT2D eigenvalue weighted by molar-refractivity contribution is 7.89. The van der Waals surface area contributed by atoms with E-state index in [1.807, 2.05) is 0 Å². The quantitative estimate of drug-likeness (QED) is 0.645. The van der Waals surface area contributed by atoms with Crippen molar-refractivity contribution >= 4 is 16.0 Å². The summed E-state index contributed by atoms with van der Waals surface area (Å²) in [5.41, 5.74) is -0.696. The smallest absolute Gasteiger partial charge is 0.329 e. The third kappa shape index (κ3) is 3.91. The maximum absolute atomic E-state index is 11.7. The zero-order valence-electron chi connectivity index (χ0n) is 9.88. The van der Waals surface area contributed by atoms with Crippen LogP contribution in [0.2, 0.25) is 0 Å². The first-order valence-corrected chi connectivity index (χ1v) is 6.72. The monoisotopic (exact) mass is 267 g/mol. The molecule has 7 nitrogen and oxygen atoms in total. The SMILES string of the molecule is COCCS(=O)(=O)N1CC(C)(OCC(=O)O)C1. The number of ether oxygens (including phenoxy) is 2. The van der Waals surface area contributed by atoms with E-state index in [1.165, 1.54) is 11.4 Å². The van der Waals surface area contributed by atoms with Gasteiger partial charge >= 0.3 is 5.97 Å². The highest BCUT2D eigenvalue weighted by Gasteiger charge is 2.45. The second-order valence-electron chi connectivity index (χ2n) is 4.21. The van der Waals surface area contributed by atoms with Gasteiger partial charge in [0.05, 0.1) is 18.0 Å². The van der Waals surface area contributed by atoms with E-state index in [0.29, 0.717) is 0 Å². The number of carboxylic acid groups (broad SMARTS) is 1. The molecule has 0 aliphatic carbocycles. The number of methoxy groups -OCH3 is 1. The molecule has 0 aromatic carbocycles. The van der Waals surface area contributed by atoms with Gasteiger partial charge in [-0.3, -0.25) is 0 Å². The molecular formula is C9H17NO6S. The lowest BCUT2D eigenvalue weighted by Crippen LogP contribution is -2.63. The van der Waals surface area contributed by atoms with Crippen LogP contribution in [-0.2, 0) is 24.3 Å². The summed E-state index contributed by atoms with van der Waals surface area (Å²) in [5.74, 6) is -1.13. The van der Waals surface area contributed by atoms with E-state index < -0.39 is 28.2 Å². The molecule has 8 heteroatoms. The predicted octanol–water partition coefficient (Wildman–Crippen LogP) is -0.862. The Labute approximate surface area is 100 Å². The van der Waals surface area contributed by atoms with E-state index in [4.69, 9.17) is 14.6 Å². The number of nitrogens with zero attached hydrogens (tertiary/aromatic N) is 1. The van der Waals surface area contributed by atoms with E-state index in [-0.39, 0.29) is 25.4 Å². The minimum Gasteiger partial charge on any atom is -0.480 e. The second kappa shape index (κ2) is 5.30. The van der Waals surface area contributed by atoms with Gasteiger partial charge in [-0.1, -0.05) is 0 Å². The number of carbonyl (C=O) groups is 1. The summed E-state index contributed by atoms with van der Waals surface area (Å²) < 4.78 is 34.4. The van der Waals surface area contributed by atoms with Gasteiger partial charge in [-0.05, 0) is 6.92 Å². The van der Waals surface area contributed by atoms with Crippen molar-refractivity contribution in [1.29, 1.82) is 0 Å². The first-order chi connectivity index (χ1) is 7.79. The van der Waals surface area contributed by atoms with Crippen LogP contribution in [-0.4, -0.2) is 68.6 Å². The number of carboxylic acids is 1. The lowest BCUT2D eigenvalue weighted by Gasteiger charge is -2.46. The van der Waals surface area contributed by atoms with Crippen LogP contribution < -0.4 is 0 Å². The van der Waals surface area contributed by atoms with Crippen LogP contribution in [0.25, 0.3) is 0 Å². The van der Waals surface area contributed by atoms with E-state index in [0.717, 1.165) is 0 Å². The predicted molar refractivity (Wildman–Crippen MR) is 59.2 cm³/mol. The van der Waals surface area contributed by atoms with Crippen molar-refractivity contribution < 1.29 is 27.8 Å². The summed E-state index contributed by atoms with van der Waals surface area (Å²) in [6, 6.07) is 0. The van der Waals surface area contributed by atoms with Crippen molar-refractivity contribution in [2.24, 2.45) is 0 Å². The van der Waals surface area contributed by atoms with Crippen LogP contribution in [0.15, 0.2) is 0 Å². The van der Waals surface area contributed by atoms with E-state index >= 15 is 0 Å². The highest BCUT2D eigenvalue weighted by atomic mass is 32.2. The Hall–Kier alpha value is -0.700. The van der Waals surface area contributed by atoms with Gasteiger partial charge < -0.3 is 14.6 Å². The molecule has 0 aromatic rings. The molecular weight excluding hydrogens is 250 g/mol. The van der Waals surface area contributed by atoms with Crippen LogP contribution in [0, 0.1) is 0 Å². The van der Waals surface area contributed by atoms with E-state index in [9.17, 15) is 13.2 Å². The molecule has 1 aliphatic rings. The van der Waals surface area contributed by atoms with E-state index in [1.54, 1.807) is 6.92 Å². The number of rotatable bonds is 7. The fourth-order valence-corrected chi connectivity index (χ4v) is 3.12. The van der Waals surface area contributed by atoms with Crippen molar-refractivity contribution in [3.63, 3.8) is 0 Å². The van der Waals surface area contributed by atoms with Crippen molar-refractivity contribution in [3.8, 4) is 0 Å². The number of hydrogen-bond acceptors (Lipinski definition) is 5. The van der Waals surface area contributed by atoms with Gasteiger partial charge in [0.15, 0.2) is 0 Å². The molecule has 1 saturated heterocycles. The van der Waals surface area contributed by atoms with Gasteiger partial charge in [-0.15, -0.1) is 0 Å². The van der Waals surface area contributed by atoms with Gasteiger partial charge in [0.25, 0.3) is 0 Å². The topological polar surface area (TPSA) is 93.1 Å². The standard InChI is InChI=1S/C9H17NO6S/c1-9(16-5-8(11)12)6-10(7-9)17(13,14)4-3-15-2/h3-7H2,1-2H3,(H,11,12). The zero-order valence-corrected chi connectivity index (χ0v) is 10.7. The number of sulfonamides is 1. The molecule has 1 N–H and O–H groups in total. The van der Waals surface area contributed by atoms with E-state index in [2.05, 4.69) is 0 Å². The Bertz CT molecular complexity index is 373. The lowest BCUT2D eigenvalue weighted by molar-refractivity contribution is -0.157. The van der Waals surface area contributed by atoms with Crippen molar-refractivity contribution in [2.75, 3.05) is 39.2 Å². The molecule has 17 heavy (non-hydrogen) atoms. The van der Waals surface area contributed by atoms with Crippen LogP contribution in [0.5, 0.6) is 0 Å². The summed E-state index contributed by atoms with van der Waals surface area (Å²) in [6.45, 7) is 1.80. The summed E-state index contributed by atoms with van der Waals surface area (Å²) in [5, 5.41) is 8.46. The summed E-state index contributed by atoms with van der Waals surface area (Å²) in [7, 11) is -1.88. The third-order valence-electron chi connectivity index (χ3n) is 2.50. The molecule has 1 aliphatic heterocycles. The van der Waals surface area contributed by atoms with Gasteiger partial charge in [-0.25, -0.2) is 13.2 Å². The van der Waals surface area contributed by atoms with Crippen molar-refractivity contribution in [2.45, 2.75) is 12.5 Å². The van der Waals surface area contributed by atoms with Crippen LogP contribution in [0.4, 0.5) is 0 Å². The summed E-state index contributed by atoms with van der Waals surface area (Å²) >= 11 is 0. The van der Waals surface area contributed by atoms with Crippen LogP contribution >= 0.6 is 0 Å². The molecule has 0 aromatic heterocycles. The van der Waals surface area contributed by atoms with Crippen LogP contribution in [0.1, 0.15) is 6.92 Å². The molecule has 1 heterocycles. The number of hydrogen-bond donors (Lipinski definition) is 1. The molecule has 0 bridgehead atoms. The third-order valence-corrected chi connectivity index (χ3v) is 4.23. The minimum atomic E-state index is -3.31. The van der Waals surface area contributed by atoms with Gasteiger partial charge in [0, 0.05) is 20.2 Å². The molecule has 1 rings (SSSR count). The average molecular weight is 267 g/mol. The normalized spacial score (nSPS) is 19.9. The molecule has 0 spiro atoms. The lowest BCUT2D eigenvalue weighted by atomic mass is 10.0. The molecule has 1 fully saturated rings. The van der Waals surface area contributed by atoms with Gasteiger partial charge in [-0.2, -0.15) is 4.31 Å². The van der Waals surface area contributed by atoms with Crippen molar-refractivity contribution in [1.82, 2.24) is 4.31 Å². The fourth-order valence-electron chi connectivity index (χ4n) is 1.54. The van der Waals surface area contributed by atoms with Gasteiger partial charge in [0.1, 0.15) is 6.61 Å². The Morgan fingerprint density at radius 2 is 2.06 bits per heavy atom. The molecule has 100 valence electrons. The maximum Gasteiger partial charge on any atom is 0.329 e. The molecule has 0 saturated carbocycles. The second-order valence-corrected chi connectivity index (χ2v) is 6.30. The largest absolute Gasteiger partial charge is 0.480 e. The molecule has 0 radical (unpaired) electrons. The molecule has 0 amide bonds. The van der Waals surface area contributed by atoms with Crippen molar-refractivity contribution in [3.05, 3.63) is 0 Å². The highest BCUT2D eigenvalue weighted by Crippen LogP contribution is 2.27. The Balaban J connectivity index is 2.42. The average Bonchev–Trinajstić information content (AvgIpc) is 2.19. The summed E-state index contributed by atoms with van der Waals surface area (Å²) in [6.07, 6.45) is 0. The summed E-state index contributed by atoms with van der Waals surface area (Å²) in [4.78, 5) is 10.3. The fraction of sp³-hybridized carbons (Fsp3) is 0.889. The number of aliphatic carboxylic acids is 1. The Morgan fingerprint density at radius 3 is 2.53 bits per heavy atom. The first kappa shape index (κ1) is 14.4. The maximum atomic E-state index is 11.7. The van der Waals surface area contributed by atoms with Gasteiger partial charge in [0.2, 0.25) is 10.0 Å². The Morgan fingerprint density at radius 1 is 1.47 bits per heavy atom. The molecule has 0 atom stereocenters. The zero-order chi connectivity index (χ0) is 13.1. The molecule has 0 unspecified atom stereocenters. The van der Waals surface area contributed by atoms with Crippen LogP contribution in [0.3, 0.4) is 0 Å². The Kier molecular flexibility index (Phi) is 4.48. The first-order valence-electron chi connectivity index (χ1n) is 5.12. The minimum absolute atomic E-state index is 0.0709.